The van der Waals surface area contributed by atoms with Gasteiger partial charge in [0.15, 0.2) is 0 Å². The Morgan fingerprint density at radius 3 is 2.63 bits per heavy atom. The maximum absolute atomic E-state index is 12.7. The summed E-state index contributed by atoms with van der Waals surface area (Å²) >= 11 is 1.53. The van der Waals surface area contributed by atoms with Crippen LogP contribution in [0.5, 0.6) is 0 Å². The number of fused-ring (bicyclic) bond motifs is 1. The van der Waals surface area contributed by atoms with Crippen LogP contribution >= 0.6 is 11.3 Å². The van der Waals surface area contributed by atoms with Crippen molar-refractivity contribution in [1.82, 2.24) is 14.9 Å². The van der Waals surface area contributed by atoms with Gasteiger partial charge < -0.3 is 14.9 Å². The van der Waals surface area contributed by atoms with Gasteiger partial charge >= 0.3 is 5.97 Å². The molecule has 2 aliphatic heterocycles. The van der Waals surface area contributed by atoms with E-state index >= 15 is 0 Å². The summed E-state index contributed by atoms with van der Waals surface area (Å²) in [5.74, 6) is -0.170. The van der Waals surface area contributed by atoms with Crippen molar-refractivity contribution in [2.24, 2.45) is 22.7 Å². The lowest BCUT2D eigenvalue weighted by molar-refractivity contribution is -0.158. The normalized spacial score (nSPS) is 27.8. The highest BCUT2D eigenvalue weighted by Gasteiger charge is 2.61. The Balaban J connectivity index is 1.38. The predicted octanol–water partition coefficient (Wildman–Crippen LogP) is 2.09. The lowest BCUT2D eigenvalue weighted by Crippen LogP contribution is -2.63. The van der Waals surface area contributed by atoms with E-state index in [0.717, 1.165) is 22.5 Å². The molecule has 4 heterocycles. The molecule has 2 atom stereocenters. The Kier molecular flexibility index (Phi) is 3.39. The Labute approximate surface area is 161 Å². The fourth-order valence-corrected chi connectivity index (χ4v) is 5.57. The van der Waals surface area contributed by atoms with Gasteiger partial charge in [-0.15, -0.1) is 11.3 Å². The van der Waals surface area contributed by atoms with Crippen LogP contribution < -0.4 is 4.90 Å². The number of likely N-dealkylation sites (tertiary alicyclic amines) is 1. The molecule has 0 aromatic carbocycles. The van der Waals surface area contributed by atoms with Crippen LogP contribution in [0.4, 0.5) is 5.82 Å². The first-order valence-corrected chi connectivity index (χ1v) is 10.1. The fourth-order valence-electron chi connectivity index (χ4n) is 4.77. The molecule has 0 radical (unpaired) electrons. The van der Waals surface area contributed by atoms with Gasteiger partial charge in [-0.05, 0) is 17.9 Å². The molecular weight excluding hydrogens is 364 g/mol. The van der Waals surface area contributed by atoms with Crippen molar-refractivity contribution in [2.75, 3.05) is 31.1 Å². The van der Waals surface area contributed by atoms with E-state index in [1.807, 2.05) is 11.0 Å². The third-order valence-electron chi connectivity index (χ3n) is 6.61. The highest BCUT2D eigenvalue weighted by Crippen LogP contribution is 2.55. The van der Waals surface area contributed by atoms with E-state index in [-0.39, 0.29) is 22.7 Å². The molecule has 2 saturated heterocycles. The molecule has 8 heteroatoms. The summed E-state index contributed by atoms with van der Waals surface area (Å²) in [6.45, 7) is 6.34. The summed E-state index contributed by atoms with van der Waals surface area (Å²) in [5, 5.41) is 9.82. The van der Waals surface area contributed by atoms with Crippen LogP contribution in [0.2, 0.25) is 0 Å². The van der Waals surface area contributed by atoms with Gasteiger partial charge in [-0.3, -0.25) is 9.59 Å². The molecule has 1 saturated carbocycles. The van der Waals surface area contributed by atoms with Crippen LogP contribution in [0.15, 0.2) is 17.8 Å². The van der Waals surface area contributed by atoms with Crippen molar-refractivity contribution in [2.45, 2.75) is 20.3 Å². The number of anilines is 1. The number of aliphatic carboxylic acids is 1. The van der Waals surface area contributed by atoms with E-state index in [9.17, 15) is 14.7 Å². The van der Waals surface area contributed by atoms with Crippen LogP contribution in [0, 0.1) is 22.7 Å². The molecule has 3 aliphatic rings. The molecule has 27 heavy (non-hydrogen) atoms. The SMILES string of the molecule is CC1(C)C[C@@H]1C(=O)N1CC2(C1)CN(c1nccc3ncsc13)C[C@H]2C(=O)O. The Morgan fingerprint density at radius 1 is 1.22 bits per heavy atom. The lowest BCUT2D eigenvalue weighted by atomic mass is 9.71. The molecular formula is C19H22N4O3S. The molecule has 1 aliphatic carbocycles. The topological polar surface area (TPSA) is 86.6 Å². The van der Waals surface area contributed by atoms with E-state index < -0.39 is 11.9 Å². The van der Waals surface area contributed by atoms with Gasteiger partial charge in [-0.2, -0.15) is 0 Å². The smallest absolute Gasteiger partial charge is 0.309 e. The minimum absolute atomic E-state index is 0.0967. The molecule has 1 spiro atoms. The van der Waals surface area contributed by atoms with E-state index in [4.69, 9.17) is 0 Å². The number of carbonyl (C=O) groups excluding carboxylic acids is 1. The molecule has 1 N–H and O–H groups in total. The second-order valence-electron chi connectivity index (χ2n) is 8.91. The third kappa shape index (κ3) is 2.46. The van der Waals surface area contributed by atoms with Crippen LogP contribution in [0.25, 0.3) is 10.2 Å². The van der Waals surface area contributed by atoms with Gasteiger partial charge in [0, 0.05) is 43.7 Å². The monoisotopic (exact) mass is 386 g/mol. The molecule has 1 amide bonds. The number of nitrogens with zero attached hydrogens (tertiary/aromatic N) is 4. The Bertz CT molecular complexity index is 949. The van der Waals surface area contributed by atoms with Crippen molar-refractivity contribution >= 4 is 39.2 Å². The van der Waals surface area contributed by atoms with Crippen molar-refractivity contribution < 1.29 is 14.7 Å². The van der Waals surface area contributed by atoms with Crippen molar-refractivity contribution in [3.05, 3.63) is 17.8 Å². The zero-order valence-electron chi connectivity index (χ0n) is 15.4. The second kappa shape index (κ2) is 5.41. The summed E-state index contributed by atoms with van der Waals surface area (Å²) in [6, 6.07) is 1.87. The number of carboxylic acid groups (broad SMARTS) is 1. The molecule has 3 fully saturated rings. The third-order valence-corrected chi connectivity index (χ3v) is 7.45. The van der Waals surface area contributed by atoms with Gasteiger partial charge in [0.25, 0.3) is 0 Å². The number of amides is 1. The standard InChI is InChI=1S/C19H22N4O3S/c1-18(2)5-11(18)16(24)23-8-19(9-23)7-22(6-12(19)17(25)26)15-14-13(3-4-20-15)21-10-27-14/h3-4,10-12H,5-9H2,1-2H3,(H,25,26)/t11-,12+/m1/s1. The number of carboxylic acids is 1. The van der Waals surface area contributed by atoms with Crippen LogP contribution in [0.1, 0.15) is 20.3 Å². The number of aromatic nitrogens is 2. The van der Waals surface area contributed by atoms with Crippen LogP contribution in [-0.4, -0.2) is 58.0 Å². The van der Waals surface area contributed by atoms with Gasteiger partial charge in [-0.25, -0.2) is 9.97 Å². The maximum atomic E-state index is 12.7. The van der Waals surface area contributed by atoms with Crippen LogP contribution in [0.3, 0.4) is 0 Å². The van der Waals surface area contributed by atoms with E-state index in [0.29, 0.717) is 26.2 Å². The molecule has 2 aromatic rings. The second-order valence-corrected chi connectivity index (χ2v) is 9.76. The van der Waals surface area contributed by atoms with Crippen molar-refractivity contribution in [3.8, 4) is 0 Å². The number of pyridine rings is 1. The van der Waals surface area contributed by atoms with E-state index in [1.54, 1.807) is 11.7 Å². The molecule has 7 nitrogen and oxygen atoms in total. The summed E-state index contributed by atoms with van der Waals surface area (Å²) in [4.78, 5) is 37.4. The number of hydrogen-bond donors (Lipinski definition) is 1. The van der Waals surface area contributed by atoms with Gasteiger partial charge in [0.05, 0.1) is 21.6 Å². The quantitative estimate of drug-likeness (QED) is 0.869. The van der Waals surface area contributed by atoms with E-state index in [2.05, 4.69) is 28.7 Å². The first-order chi connectivity index (χ1) is 12.8. The zero-order chi connectivity index (χ0) is 19.0. The minimum Gasteiger partial charge on any atom is -0.481 e. The van der Waals surface area contributed by atoms with Gasteiger partial charge in [0.2, 0.25) is 5.91 Å². The molecule has 5 rings (SSSR count). The highest BCUT2D eigenvalue weighted by atomic mass is 32.1. The largest absolute Gasteiger partial charge is 0.481 e. The Morgan fingerprint density at radius 2 is 1.96 bits per heavy atom. The summed E-state index contributed by atoms with van der Waals surface area (Å²) in [7, 11) is 0. The molecule has 142 valence electrons. The predicted molar refractivity (Wildman–Crippen MR) is 102 cm³/mol. The van der Waals surface area contributed by atoms with Crippen LogP contribution in [-0.2, 0) is 9.59 Å². The number of rotatable bonds is 3. The molecule has 0 unspecified atom stereocenters. The average Bonchev–Trinajstić information content (AvgIpc) is 2.98. The first-order valence-electron chi connectivity index (χ1n) is 9.25. The summed E-state index contributed by atoms with van der Waals surface area (Å²) in [6.07, 6.45) is 2.66. The number of thiazole rings is 1. The minimum atomic E-state index is -0.784. The average molecular weight is 386 g/mol. The van der Waals surface area contributed by atoms with Crippen molar-refractivity contribution in [3.63, 3.8) is 0 Å². The van der Waals surface area contributed by atoms with Gasteiger partial charge in [0.1, 0.15) is 5.82 Å². The summed E-state index contributed by atoms with van der Waals surface area (Å²) in [5.41, 5.74) is 2.39. The summed E-state index contributed by atoms with van der Waals surface area (Å²) < 4.78 is 0.991. The number of hydrogen-bond acceptors (Lipinski definition) is 6. The number of carbonyl (C=O) groups is 2. The Hall–Kier alpha value is -2.22. The molecule has 0 bridgehead atoms. The zero-order valence-corrected chi connectivity index (χ0v) is 16.2. The first kappa shape index (κ1) is 16.9. The van der Waals surface area contributed by atoms with Gasteiger partial charge in [-0.1, -0.05) is 13.8 Å². The van der Waals surface area contributed by atoms with Crippen molar-refractivity contribution in [1.29, 1.82) is 0 Å². The molecule has 2 aromatic heterocycles. The van der Waals surface area contributed by atoms with E-state index in [1.165, 1.54) is 11.3 Å². The maximum Gasteiger partial charge on any atom is 0.309 e. The highest BCUT2D eigenvalue weighted by molar-refractivity contribution is 7.17. The fraction of sp³-hybridized carbons (Fsp3) is 0.579. The lowest BCUT2D eigenvalue weighted by Gasteiger charge is -2.50.